The lowest BCUT2D eigenvalue weighted by Crippen LogP contribution is -1.90. The van der Waals surface area contributed by atoms with Crippen LogP contribution in [0, 0.1) is 0 Å². The Kier molecular flexibility index (Phi) is 4.15. The number of thioether (sulfide) groups is 1. The molecular weight excluding hydrogens is 344 g/mol. The first kappa shape index (κ1) is 15.1. The second-order valence-electron chi connectivity index (χ2n) is 5.05. The summed E-state index contributed by atoms with van der Waals surface area (Å²) in [6.45, 7) is 0. The fraction of sp³-hybridized carbons (Fsp3) is 0.0588. The summed E-state index contributed by atoms with van der Waals surface area (Å²) in [6.07, 6.45) is 1.76. The van der Waals surface area contributed by atoms with Gasteiger partial charge in [0.2, 0.25) is 0 Å². The van der Waals surface area contributed by atoms with E-state index in [1.165, 1.54) is 11.8 Å². The highest BCUT2D eigenvalue weighted by molar-refractivity contribution is 7.98. The van der Waals surface area contributed by atoms with Crippen LogP contribution in [0.15, 0.2) is 64.3 Å². The van der Waals surface area contributed by atoms with Crippen molar-refractivity contribution >= 4 is 34.1 Å². The lowest BCUT2D eigenvalue weighted by Gasteiger charge is -2.01. The topological polar surface area (TPSA) is 64.7 Å². The van der Waals surface area contributed by atoms with Gasteiger partial charge >= 0.3 is 0 Å². The molecule has 2 aromatic carbocycles. The molecule has 0 radical (unpaired) electrons. The first-order valence-electron chi connectivity index (χ1n) is 7.21. The van der Waals surface area contributed by atoms with Crippen LogP contribution in [-0.4, -0.2) is 20.3 Å². The fourth-order valence-corrected chi connectivity index (χ4v) is 3.22. The van der Waals surface area contributed by atoms with Crippen molar-refractivity contribution in [3.8, 4) is 11.5 Å². The zero-order chi connectivity index (χ0) is 16.4. The zero-order valence-electron chi connectivity index (χ0n) is 12.4. The largest absolute Gasteiger partial charge is 0.334 e. The summed E-state index contributed by atoms with van der Waals surface area (Å²) in [4.78, 5) is 4.42. The Bertz CT molecular complexity index is 982. The van der Waals surface area contributed by atoms with Crippen molar-refractivity contribution in [1.29, 1.82) is 0 Å². The number of fused-ring (bicyclic) bond motifs is 1. The summed E-state index contributed by atoms with van der Waals surface area (Å²) in [6, 6.07) is 15.3. The molecule has 0 aliphatic heterocycles. The van der Waals surface area contributed by atoms with Crippen LogP contribution in [0.1, 0.15) is 5.82 Å². The maximum Gasteiger partial charge on any atom is 0.257 e. The molecule has 0 N–H and O–H groups in total. The molecule has 0 bridgehead atoms. The monoisotopic (exact) mass is 354 g/mol. The Labute approximate surface area is 147 Å². The van der Waals surface area contributed by atoms with Crippen molar-refractivity contribution in [2.75, 3.05) is 0 Å². The van der Waals surface area contributed by atoms with Gasteiger partial charge in [-0.25, -0.2) is 0 Å². The van der Waals surface area contributed by atoms with E-state index in [1.54, 1.807) is 18.3 Å². The molecular formula is C17H11ClN4OS. The molecule has 4 rings (SSSR count). The highest BCUT2D eigenvalue weighted by atomic mass is 35.5. The first-order chi connectivity index (χ1) is 11.8. The Hall–Kier alpha value is -2.44. The van der Waals surface area contributed by atoms with Crippen LogP contribution in [0.4, 0.5) is 0 Å². The van der Waals surface area contributed by atoms with E-state index in [9.17, 15) is 0 Å². The van der Waals surface area contributed by atoms with Crippen LogP contribution >= 0.6 is 23.4 Å². The van der Waals surface area contributed by atoms with Crippen LogP contribution in [0.5, 0.6) is 0 Å². The highest BCUT2D eigenvalue weighted by Crippen LogP contribution is 2.27. The number of aromatic nitrogens is 4. The molecule has 0 spiro atoms. The molecule has 0 amide bonds. The predicted molar refractivity (Wildman–Crippen MR) is 93.8 cm³/mol. The van der Waals surface area contributed by atoms with Crippen molar-refractivity contribution in [1.82, 2.24) is 20.3 Å². The lowest BCUT2D eigenvalue weighted by atomic mass is 10.2. The molecule has 7 heteroatoms. The van der Waals surface area contributed by atoms with E-state index in [2.05, 4.69) is 20.3 Å². The molecule has 0 saturated carbocycles. The molecule has 0 aliphatic rings. The number of benzene rings is 2. The number of hydrogen-bond donors (Lipinski definition) is 0. The van der Waals surface area contributed by atoms with Gasteiger partial charge in [0.15, 0.2) is 5.82 Å². The van der Waals surface area contributed by atoms with Gasteiger partial charge < -0.3 is 4.52 Å². The van der Waals surface area contributed by atoms with E-state index in [0.29, 0.717) is 22.5 Å². The summed E-state index contributed by atoms with van der Waals surface area (Å²) in [5.74, 6) is 1.64. The van der Waals surface area contributed by atoms with E-state index in [-0.39, 0.29) is 0 Å². The molecule has 0 fully saturated rings. The summed E-state index contributed by atoms with van der Waals surface area (Å²) >= 11 is 7.42. The quantitative estimate of drug-likeness (QED) is 0.498. The predicted octanol–water partition coefficient (Wildman–Crippen LogP) is 4.63. The first-order valence-corrected chi connectivity index (χ1v) is 8.58. The molecule has 4 aromatic rings. The summed E-state index contributed by atoms with van der Waals surface area (Å²) in [5.41, 5.74) is 0.841. The Morgan fingerprint density at radius 2 is 1.88 bits per heavy atom. The second-order valence-corrected chi connectivity index (χ2v) is 6.45. The van der Waals surface area contributed by atoms with Gasteiger partial charge in [-0.15, -0.1) is 5.10 Å². The average Bonchev–Trinajstić information content (AvgIpc) is 3.09. The lowest BCUT2D eigenvalue weighted by molar-refractivity contribution is 0.425. The van der Waals surface area contributed by atoms with Gasteiger partial charge in [0.25, 0.3) is 5.89 Å². The Morgan fingerprint density at radius 3 is 2.75 bits per heavy atom. The summed E-state index contributed by atoms with van der Waals surface area (Å²) in [5, 5.41) is 15.9. The van der Waals surface area contributed by atoms with Gasteiger partial charge in [-0.3, -0.25) is 0 Å². The van der Waals surface area contributed by atoms with Crippen molar-refractivity contribution in [3.63, 3.8) is 0 Å². The molecule has 0 aliphatic carbocycles. The smallest absolute Gasteiger partial charge is 0.257 e. The molecule has 0 atom stereocenters. The van der Waals surface area contributed by atoms with Crippen LogP contribution in [0.25, 0.3) is 22.2 Å². The van der Waals surface area contributed by atoms with Gasteiger partial charge in [0, 0.05) is 21.4 Å². The van der Waals surface area contributed by atoms with Crippen LogP contribution in [0.3, 0.4) is 0 Å². The van der Waals surface area contributed by atoms with Crippen molar-refractivity contribution in [3.05, 3.63) is 65.6 Å². The third kappa shape index (κ3) is 3.11. The molecule has 5 nitrogen and oxygen atoms in total. The Morgan fingerprint density at radius 1 is 1.04 bits per heavy atom. The maximum atomic E-state index is 5.89. The summed E-state index contributed by atoms with van der Waals surface area (Å²) < 4.78 is 5.31. The van der Waals surface area contributed by atoms with Gasteiger partial charge in [-0.05, 0) is 24.3 Å². The normalized spacial score (nSPS) is 11.0. The SMILES string of the molecule is Clc1ccc(-c2nc(CSc3nncc4ccccc34)no2)cc1. The highest BCUT2D eigenvalue weighted by Gasteiger charge is 2.11. The maximum absolute atomic E-state index is 5.89. The molecule has 2 aromatic heterocycles. The van der Waals surface area contributed by atoms with Gasteiger partial charge in [0.1, 0.15) is 5.03 Å². The minimum atomic E-state index is 0.478. The second kappa shape index (κ2) is 6.59. The van der Waals surface area contributed by atoms with Crippen molar-refractivity contribution < 1.29 is 4.52 Å². The van der Waals surface area contributed by atoms with Crippen molar-refractivity contribution in [2.24, 2.45) is 0 Å². The van der Waals surface area contributed by atoms with Crippen LogP contribution < -0.4 is 0 Å². The Balaban J connectivity index is 1.53. The minimum Gasteiger partial charge on any atom is -0.334 e. The molecule has 0 unspecified atom stereocenters. The summed E-state index contributed by atoms with van der Waals surface area (Å²) in [7, 11) is 0. The third-order valence-corrected chi connectivity index (χ3v) is 4.66. The number of halogens is 1. The van der Waals surface area contributed by atoms with Gasteiger partial charge in [-0.2, -0.15) is 10.1 Å². The third-order valence-electron chi connectivity index (χ3n) is 3.43. The number of nitrogens with zero attached hydrogens (tertiary/aromatic N) is 4. The minimum absolute atomic E-state index is 0.478. The molecule has 24 heavy (non-hydrogen) atoms. The average molecular weight is 355 g/mol. The zero-order valence-corrected chi connectivity index (χ0v) is 14.0. The van der Waals surface area contributed by atoms with Crippen LogP contribution in [0.2, 0.25) is 5.02 Å². The van der Waals surface area contributed by atoms with E-state index < -0.39 is 0 Å². The van der Waals surface area contributed by atoms with Crippen molar-refractivity contribution in [2.45, 2.75) is 10.8 Å². The standard InChI is InChI=1S/C17H11ClN4OS/c18-13-7-5-11(6-8-13)16-20-15(22-23-16)10-24-17-14-4-2-1-3-12(14)9-19-21-17/h1-9H,10H2. The van der Waals surface area contributed by atoms with E-state index >= 15 is 0 Å². The molecule has 0 saturated heterocycles. The van der Waals surface area contributed by atoms with Crippen LogP contribution in [-0.2, 0) is 5.75 Å². The van der Waals surface area contributed by atoms with E-state index in [0.717, 1.165) is 21.4 Å². The molecule has 2 heterocycles. The fourth-order valence-electron chi connectivity index (χ4n) is 2.26. The van der Waals surface area contributed by atoms with Gasteiger partial charge in [-0.1, -0.05) is 52.8 Å². The number of hydrogen-bond acceptors (Lipinski definition) is 6. The van der Waals surface area contributed by atoms with E-state index in [1.807, 2.05) is 36.4 Å². The van der Waals surface area contributed by atoms with Gasteiger partial charge in [0.05, 0.1) is 11.9 Å². The molecule has 118 valence electrons. The number of rotatable bonds is 4. The van der Waals surface area contributed by atoms with E-state index in [4.69, 9.17) is 16.1 Å².